The average Bonchev–Trinajstić information content (AvgIpc) is 3.34. The Labute approximate surface area is 231 Å². The summed E-state index contributed by atoms with van der Waals surface area (Å²) in [7, 11) is 0. The quantitative estimate of drug-likeness (QED) is 0.173. The van der Waals surface area contributed by atoms with E-state index in [1.54, 1.807) is 0 Å². The number of para-hydroxylation sites is 1. The lowest BCUT2D eigenvalue weighted by Crippen LogP contribution is -2.26. The first-order chi connectivity index (χ1) is 19.2. The molecule has 0 fully saturated rings. The lowest BCUT2D eigenvalue weighted by Gasteiger charge is -2.18. The second kappa shape index (κ2) is 13.0. The number of fused-ring (bicyclic) bond motifs is 1. The van der Waals surface area contributed by atoms with E-state index in [9.17, 15) is 4.79 Å². The molecule has 4 nitrogen and oxygen atoms in total. The van der Waals surface area contributed by atoms with Crippen LogP contribution >= 0.6 is 0 Å². The number of unbranched alkanes of at least 4 members (excludes halogenated alkanes) is 1. The monoisotopic (exact) mass is 516 g/mol. The molecule has 1 amide bonds. The Morgan fingerprint density at radius 1 is 0.846 bits per heavy atom. The average molecular weight is 517 g/mol. The number of carbonyl (C=O) groups is 1. The number of nitrogens with zero attached hydrogens (tertiary/aromatic N) is 1. The van der Waals surface area contributed by atoms with Crippen LogP contribution in [0, 0.1) is 0 Å². The molecule has 0 bridgehead atoms. The summed E-state index contributed by atoms with van der Waals surface area (Å²) in [6.45, 7) is 4.12. The van der Waals surface area contributed by atoms with Crippen LogP contribution < -0.4 is 10.1 Å². The number of benzene rings is 4. The SMILES string of the molecule is CCCCNC(=O)C[C@H](c1cccc(OCc2ccccc2)c1)c1cn(Cc2ccccc2)c2ccccc12. The van der Waals surface area contributed by atoms with Crippen LogP contribution in [-0.4, -0.2) is 17.0 Å². The molecule has 198 valence electrons. The highest BCUT2D eigenvalue weighted by molar-refractivity contribution is 5.87. The maximum Gasteiger partial charge on any atom is 0.220 e. The van der Waals surface area contributed by atoms with E-state index in [2.05, 4.69) is 95.8 Å². The summed E-state index contributed by atoms with van der Waals surface area (Å²) in [4.78, 5) is 13.2. The molecule has 0 saturated heterocycles. The number of ether oxygens (including phenoxy) is 1. The molecule has 1 heterocycles. The molecule has 4 heteroatoms. The topological polar surface area (TPSA) is 43.3 Å². The zero-order chi connectivity index (χ0) is 26.9. The fourth-order valence-electron chi connectivity index (χ4n) is 5.10. The highest BCUT2D eigenvalue weighted by atomic mass is 16.5. The van der Waals surface area contributed by atoms with Crippen molar-refractivity contribution in [1.29, 1.82) is 0 Å². The molecule has 4 aromatic carbocycles. The Balaban J connectivity index is 1.49. The lowest BCUT2D eigenvalue weighted by atomic mass is 9.88. The third-order valence-corrected chi connectivity index (χ3v) is 7.14. The van der Waals surface area contributed by atoms with Crippen LogP contribution in [0.2, 0.25) is 0 Å². The molecule has 0 saturated carbocycles. The third kappa shape index (κ3) is 6.77. The van der Waals surface area contributed by atoms with Crippen molar-refractivity contribution in [1.82, 2.24) is 9.88 Å². The Hall–Kier alpha value is -4.31. The van der Waals surface area contributed by atoms with Gasteiger partial charge in [0, 0.05) is 42.5 Å². The van der Waals surface area contributed by atoms with Crippen LogP contribution in [0.25, 0.3) is 10.9 Å². The predicted octanol–water partition coefficient (Wildman–Crippen LogP) is 7.71. The second-order valence-corrected chi connectivity index (χ2v) is 10.0. The Bertz CT molecular complexity index is 1490. The second-order valence-electron chi connectivity index (χ2n) is 10.0. The molecule has 0 aliphatic rings. The van der Waals surface area contributed by atoms with Crippen molar-refractivity contribution in [2.24, 2.45) is 0 Å². The number of amides is 1. The summed E-state index contributed by atoms with van der Waals surface area (Å²) in [5, 5.41) is 4.31. The van der Waals surface area contributed by atoms with Crippen LogP contribution in [-0.2, 0) is 17.9 Å². The standard InChI is InChI=1S/C35H36N2O2/c1-2-3-21-36-35(38)23-32(29-17-12-18-30(22-29)39-26-28-15-8-5-9-16-28)33-25-37(24-27-13-6-4-7-14-27)34-20-11-10-19-31(33)34/h4-20,22,25,32H,2-3,21,23-24,26H2,1H3,(H,36,38)/t32-/m1/s1. The first-order valence-corrected chi connectivity index (χ1v) is 13.9. The normalized spacial score (nSPS) is 11.8. The van der Waals surface area contributed by atoms with Gasteiger partial charge in [0.15, 0.2) is 0 Å². The molecule has 0 spiro atoms. The molecule has 0 radical (unpaired) electrons. The van der Waals surface area contributed by atoms with Gasteiger partial charge in [-0.3, -0.25) is 4.79 Å². The Morgan fingerprint density at radius 3 is 2.33 bits per heavy atom. The van der Waals surface area contributed by atoms with E-state index >= 15 is 0 Å². The van der Waals surface area contributed by atoms with Gasteiger partial charge in [-0.2, -0.15) is 0 Å². The van der Waals surface area contributed by atoms with E-state index in [1.165, 1.54) is 16.5 Å². The van der Waals surface area contributed by atoms with E-state index in [0.717, 1.165) is 41.8 Å². The van der Waals surface area contributed by atoms with Crippen LogP contribution in [0.3, 0.4) is 0 Å². The van der Waals surface area contributed by atoms with Crippen molar-refractivity contribution in [3.8, 4) is 5.75 Å². The van der Waals surface area contributed by atoms with Gasteiger partial charge >= 0.3 is 0 Å². The minimum Gasteiger partial charge on any atom is -0.489 e. The van der Waals surface area contributed by atoms with Gasteiger partial charge in [0.1, 0.15) is 12.4 Å². The van der Waals surface area contributed by atoms with Crippen molar-refractivity contribution < 1.29 is 9.53 Å². The fourth-order valence-corrected chi connectivity index (χ4v) is 5.10. The largest absolute Gasteiger partial charge is 0.489 e. The van der Waals surface area contributed by atoms with E-state index in [-0.39, 0.29) is 11.8 Å². The lowest BCUT2D eigenvalue weighted by molar-refractivity contribution is -0.121. The molecule has 5 rings (SSSR count). The van der Waals surface area contributed by atoms with E-state index < -0.39 is 0 Å². The molecule has 1 N–H and O–H groups in total. The van der Waals surface area contributed by atoms with Gasteiger partial charge < -0.3 is 14.6 Å². The van der Waals surface area contributed by atoms with Crippen LogP contribution in [0.4, 0.5) is 0 Å². The molecule has 5 aromatic rings. The molecule has 0 aliphatic carbocycles. The smallest absolute Gasteiger partial charge is 0.220 e. The number of carbonyl (C=O) groups excluding carboxylic acids is 1. The highest BCUT2D eigenvalue weighted by Gasteiger charge is 2.23. The summed E-state index contributed by atoms with van der Waals surface area (Å²) in [5.74, 6) is 0.776. The van der Waals surface area contributed by atoms with Crippen molar-refractivity contribution >= 4 is 16.8 Å². The van der Waals surface area contributed by atoms with Gasteiger partial charge in [-0.05, 0) is 46.9 Å². The first-order valence-electron chi connectivity index (χ1n) is 13.9. The van der Waals surface area contributed by atoms with E-state index in [1.807, 2.05) is 36.4 Å². The van der Waals surface area contributed by atoms with Gasteiger partial charge in [0.2, 0.25) is 5.91 Å². The number of aromatic nitrogens is 1. The van der Waals surface area contributed by atoms with Gasteiger partial charge in [-0.15, -0.1) is 0 Å². The molecule has 39 heavy (non-hydrogen) atoms. The number of rotatable bonds is 12. The van der Waals surface area contributed by atoms with E-state index in [4.69, 9.17) is 4.74 Å². The molecule has 1 aromatic heterocycles. The van der Waals surface area contributed by atoms with Crippen LogP contribution in [0.5, 0.6) is 5.75 Å². The highest BCUT2D eigenvalue weighted by Crippen LogP contribution is 2.36. The third-order valence-electron chi connectivity index (χ3n) is 7.14. The van der Waals surface area contributed by atoms with Gasteiger partial charge in [0.05, 0.1) is 0 Å². The summed E-state index contributed by atoms with van der Waals surface area (Å²) in [6, 6.07) is 37.4. The summed E-state index contributed by atoms with van der Waals surface area (Å²) >= 11 is 0. The molecule has 0 aliphatic heterocycles. The number of hydrogen-bond acceptors (Lipinski definition) is 2. The summed E-state index contributed by atoms with van der Waals surface area (Å²) in [5.41, 5.74) is 5.78. The Kier molecular flexibility index (Phi) is 8.75. The predicted molar refractivity (Wildman–Crippen MR) is 159 cm³/mol. The van der Waals surface area contributed by atoms with Crippen molar-refractivity contribution in [3.63, 3.8) is 0 Å². The number of nitrogens with one attached hydrogen (secondary N) is 1. The van der Waals surface area contributed by atoms with Crippen LogP contribution in [0.15, 0.2) is 115 Å². The van der Waals surface area contributed by atoms with Crippen molar-refractivity contribution in [2.75, 3.05) is 6.54 Å². The van der Waals surface area contributed by atoms with E-state index in [0.29, 0.717) is 19.6 Å². The van der Waals surface area contributed by atoms with Gasteiger partial charge in [0.25, 0.3) is 0 Å². The first kappa shape index (κ1) is 26.3. The van der Waals surface area contributed by atoms with Gasteiger partial charge in [-0.25, -0.2) is 0 Å². The fraction of sp³-hybridized carbons (Fsp3) is 0.229. The number of hydrogen-bond donors (Lipinski definition) is 1. The van der Waals surface area contributed by atoms with Crippen LogP contribution in [0.1, 0.15) is 54.4 Å². The maximum atomic E-state index is 13.2. The van der Waals surface area contributed by atoms with Gasteiger partial charge in [-0.1, -0.05) is 104 Å². The molecular formula is C35H36N2O2. The zero-order valence-corrected chi connectivity index (χ0v) is 22.6. The Morgan fingerprint density at radius 2 is 1.56 bits per heavy atom. The summed E-state index contributed by atoms with van der Waals surface area (Å²) < 4.78 is 8.47. The molecular weight excluding hydrogens is 480 g/mol. The molecule has 0 unspecified atom stereocenters. The van der Waals surface area contributed by atoms with Crippen molar-refractivity contribution in [3.05, 3.63) is 138 Å². The zero-order valence-electron chi connectivity index (χ0n) is 22.6. The minimum absolute atomic E-state index is 0.0731. The minimum atomic E-state index is -0.103. The van der Waals surface area contributed by atoms with Crippen molar-refractivity contribution in [2.45, 2.75) is 45.3 Å². The molecule has 1 atom stereocenters. The maximum absolute atomic E-state index is 13.2. The summed E-state index contributed by atoms with van der Waals surface area (Å²) in [6.07, 6.45) is 4.65.